The Hall–Kier alpha value is -2.16. The zero-order valence-corrected chi connectivity index (χ0v) is 8.94. The second-order valence-corrected chi connectivity index (χ2v) is 3.83. The summed E-state index contributed by atoms with van der Waals surface area (Å²) < 4.78 is 0. The van der Waals surface area contributed by atoms with E-state index in [0.29, 0.717) is 0 Å². The highest BCUT2D eigenvalue weighted by Gasteiger charge is 2.04. The molecule has 3 nitrogen and oxygen atoms in total. The van der Waals surface area contributed by atoms with Crippen molar-refractivity contribution in [3.8, 4) is 11.4 Å². The molecule has 0 saturated carbocycles. The molecule has 1 aromatic carbocycles. The number of hydrogen-bond donors (Lipinski definition) is 1. The summed E-state index contributed by atoms with van der Waals surface area (Å²) in [6, 6.07) is 12.2. The van der Waals surface area contributed by atoms with Gasteiger partial charge in [0.15, 0.2) is 5.65 Å². The summed E-state index contributed by atoms with van der Waals surface area (Å²) in [6.07, 6.45) is 1.75. The van der Waals surface area contributed by atoms with E-state index in [1.807, 2.05) is 12.1 Å². The second-order valence-electron chi connectivity index (χ2n) is 3.83. The molecule has 0 aliphatic carbocycles. The average molecular weight is 209 g/mol. The van der Waals surface area contributed by atoms with Crippen molar-refractivity contribution in [3.05, 3.63) is 48.2 Å². The van der Waals surface area contributed by atoms with Crippen molar-refractivity contribution in [1.82, 2.24) is 15.0 Å². The molecule has 78 valence electrons. The minimum Gasteiger partial charge on any atom is -0.337 e. The number of hydrogen-bond acceptors (Lipinski definition) is 2. The molecular formula is C13H11N3. The van der Waals surface area contributed by atoms with Crippen LogP contribution in [0.15, 0.2) is 42.6 Å². The molecule has 2 heterocycles. The van der Waals surface area contributed by atoms with Crippen molar-refractivity contribution < 1.29 is 0 Å². The van der Waals surface area contributed by atoms with Crippen molar-refractivity contribution in [2.75, 3.05) is 0 Å². The van der Waals surface area contributed by atoms with Gasteiger partial charge in [0.05, 0.1) is 5.52 Å². The second kappa shape index (κ2) is 3.45. The van der Waals surface area contributed by atoms with Gasteiger partial charge in [-0.1, -0.05) is 29.8 Å². The Labute approximate surface area is 93.2 Å². The number of aryl methyl sites for hydroxylation is 1. The monoisotopic (exact) mass is 209 g/mol. The SMILES string of the molecule is Cc1ccc(-c2nc3ncccc3[nH]2)cc1. The lowest BCUT2D eigenvalue weighted by atomic mass is 10.1. The van der Waals surface area contributed by atoms with E-state index in [9.17, 15) is 0 Å². The van der Waals surface area contributed by atoms with E-state index in [2.05, 4.69) is 46.1 Å². The highest BCUT2D eigenvalue weighted by molar-refractivity contribution is 5.75. The van der Waals surface area contributed by atoms with Gasteiger partial charge in [-0.3, -0.25) is 0 Å². The molecule has 0 saturated heterocycles. The molecule has 3 heteroatoms. The molecule has 3 rings (SSSR count). The third kappa shape index (κ3) is 1.46. The van der Waals surface area contributed by atoms with Gasteiger partial charge in [0, 0.05) is 11.8 Å². The van der Waals surface area contributed by atoms with Gasteiger partial charge >= 0.3 is 0 Å². The van der Waals surface area contributed by atoms with Gasteiger partial charge in [0.2, 0.25) is 0 Å². The number of imidazole rings is 1. The molecule has 0 aliphatic heterocycles. The molecule has 0 bridgehead atoms. The maximum Gasteiger partial charge on any atom is 0.178 e. The first kappa shape index (κ1) is 9.09. The van der Waals surface area contributed by atoms with Crippen LogP contribution >= 0.6 is 0 Å². The van der Waals surface area contributed by atoms with E-state index in [4.69, 9.17) is 0 Å². The number of H-pyrrole nitrogens is 1. The highest BCUT2D eigenvalue weighted by atomic mass is 15.0. The zero-order chi connectivity index (χ0) is 11.0. The first-order valence-electron chi connectivity index (χ1n) is 5.21. The molecule has 0 aliphatic rings. The minimum absolute atomic E-state index is 0.762. The normalized spacial score (nSPS) is 10.8. The number of nitrogens with zero attached hydrogens (tertiary/aromatic N) is 2. The van der Waals surface area contributed by atoms with Crippen molar-refractivity contribution in [1.29, 1.82) is 0 Å². The van der Waals surface area contributed by atoms with Crippen LogP contribution in [0.3, 0.4) is 0 Å². The number of fused-ring (bicyclic) bond motifs is 1. The number of aromatic nitrogens is 3. The van der Waals surface area contributed by atoms with Gasteiger partial charge in [-0.05, 0) is 19.1 Å². The van der Waals surface area contributed by atoms with Crippen LogP contribution in [-0.4, -0.2) is 15.0 Å². The van der Waals surface area contributed by atoms with E-state index in [-0.39, 0.29) is 0 Å². The van der Waals surface area contributed by atoms with Crippen molar-refractivity contribution in [2.45, 2.75) is 6.92 Å². The third-order valence-corrected chi connectivity index (χ3v) is 2.58. The van der Waals surface area contributed by atoms with E-state index in [1.54, 1.807) is 6.20 Å². The number of aromatic amines is 1. The summed E-state index contributed by atoms with van der Waals surface area (Å²) >= 11 is 0. The molecule has 0 spiro atoms. The third-order valence-electron chi connectivity index (χ3n) is 2.58. The number of pyridine rings is 1. The fourth-order valence-corrected chi connectivity index (χ4v) is 1.69. The molecule has 3 aromatic rings. The average Bonchev–Trinajstić information content (AvgIpc) is 2.73. The Kier molecular flexibility index (Phi) is 1.96. The number of benzene rings is 1. The first-order valence-corrected chi connectivity index (χ1v) is 5.21. The smallest absolute Gasteiger partial charge is 0.178 e. The molecule has 0 unspecified atom stereocenters. The maximum atomic E-state index is 4.45. The zero-order valence-electron chi connectivity index (χ0n) is 8.94. The lowest BCUT2D eigenvalue weighted by Gasteiger charge is -1.96. The van der Waals surface area contributed by atoms with Crippen LogP contribution in [-0.2, 0) is 0 Å². The highest BCUT2D eigenvalue weighted by Crippen LogP contribution is 2.19. The fraction of sp³-hybridized carbons (Fsp3) is 0.0769. The maximum absolute atomic E-state index is 4.45. The summed E-state index contributed by atoms with van der Waals surface area (Å²) in [6.45, 7) is 2.07. The topological polar surface area (TPSA) is 41.6 Å². The van der Waals surface area contributed by atoms with Crippen molar-refractivity contribution in [2.24, 2.45) is 0 Å². The molecular weight excluding hydrogens is 198 g/mol. The van der Waals surface area contributed by atoms with Gasteiger partial charge < -0.3 is 4.98 Å². The van der Waals surface area contributed by atoms with Gasteiger partial charge in [-0.2, -0.15) is 0 Å². The lowest BCUT2D eigenvalue weighted by Crippen LogP contribution is -1.80. The van der Waals surface area contributed by atoms with Crippen LogP contribution in [0.25, 0.3) is 22.6 Å². The summed E-state index contributed by atoms with van der Waals surface area (Å²) in [5.41, 5.74) is 4.07. The van der Waals surface area contributed by atoms with Crippen LogP contribution in [0.2, 0.25) is 0 Å². The Morgan fingerprint density at radius 3 is 2.62 bits per heavy atom. The van der Waals surface area contributed by atoms with Gasteiger partial charge in [0.25, 0.3) is 0 Å². The van der Waals surface area contributed by atoms with E-state index < -0.39 is 0 Å². The molecule has 0 radical (unpaired) electrons. The van der Waals surface area contributed by atoms with Crippen LogP contribution < -0.4 is 0 Å². The minimum atomic E-state index is 0.762. The van der Waals surface area contributed by atoms with Crippen LogP contribution in [0.1, 0.15) is 5.56 Å². The molecule has 0 fully saturated rings. The van der Waals surface area contributed by atoms with Gasteiger partial charge in [0.1, 0.15) is 5.82 Å². The Balaban J connectivity index is 2.15. The van der Waals surface area contributed by atoms with Crippen LogP contribution in [0, 0.1) is 6.92 Å². The summed E-state index contributed by atoms with van der Waals surface area (Å²) in [5, 5.41) is 0. The summed E-state index contributed by atoms with van der Waals surface area (Å²) in [5.74, 6) is 0.869. The largest absolute Gasteiger partial charge is 0.337 e. The van der Waals surface area contributed by atoms with E-state index in [0.717, 1.165) is 22.6 Å². The van der Waals surface area contributed by atoms with E-state index >= 15 is 0 Å². The quantitative estimate of drug-likeness (QED) is 0.669. The predicted octanol–water partition coefficient (Wildman–Crippen LogP) is 2.93. The van der Waals surface area contributed by atoms with E-state index in [1.165, 1.54) is 5.56 Å². The molecule has 2 aromatic heterocycles. The lowest BCUT2D eigenvalue weighted by molar-refractivity contribution is 1.30. The van der Waals surface area contributed by atoms with Crippen LogP contribution in [0.5, 0.6) is 0 Å². The Morgan fingerprint density at radius 1 is 1.06 bits per heavy atom. The molecule has 0 amide bonds. The summed E-state index contributed by atoms with van der Waals surface area (Å²) in [4.78, 5) is 11.9. The summed E-state index contributed by atoms with van der Waals surface area (Å²) in [7, 11) is 0. The van der Waals surface area contributed by atoms with Crippen molar-refractivity contribution >= 4 is 11.2 Å². The van der Waals surface area contributed by atoms with Gasteiger partial charge in [-0.25, -0.2) is 9.97 Å². The Morgan fingerprint density at radius 2 is 1.88 bits per heavy atom. The first-order chi connectivity index (χ1) is 7.83. The standard InChI is InChI=1S/C13H11N3/c1-9-4-6-10(7-5-9)12-15-11-3-2-8-14-13(11)16-12/h2-8H,1H3,(H,14,15,16). The van der Waals surface area contributed by atoms with Crippen molar-refractivity contribution in [3.63, 3.8) is 0 Å². The Bertz CT molecular complexity index is 590. The van der Waals surface area contributed by atoms with Crippen LogP contribution in [0.4, 0.5) is 0 Å². The molecule has 16 heavy (non-hydrogen) atoms. The predicted molar refractivity (Wildman–Crippen MR) is 64.1 cm³/mol. The number of rotatable bonds is 1. The molecule has 1 N–H and O–H groups in total. The number of nitrogens with one attached hydrogen (secondary N) is 1. The fourth-order valence-electron chi connectivity index (χ4n) is 1.69. The molecule has 0 atom stereocenters. The van der Waals surface area contributed by atoms with Gasteiger partial charge in [-0.15, -0.1) is 0 Å².